The van der Waals surface area contributed by atoms with Crippen LogP contribution in [0.5, 0.6) is 5.75 Å². The number of nitrogens with one attached hydrogen (secondary N) is 1. The number of carbonyl (C=O) groups is 2. The van der Waals surface area contributed by atoms with Crippen molar-refractivity contribution >= 4 is 11.9 Å². The first-order chi connectivity index (χ1) is 14.0. The molecule has 2 unspecified atom stereocenters. The number of carboxylic acids is 1. The van der Waals surface area contributed by atoms with E-state index < -0.39 is 17.8 Å². The molecule has 4 rings (SSSR count). The molecule has 7 nitrogen and oxygen atoms in total. The minimum atomic E-state index is -0.911. The highest BCUT2D eigenvalue weighted by Crippen LogP contribution is 2.43. The summed E-state index contributed by atoms with van der Waals surface area (Å²) in [5.41, 5.74) is 1.29. The first-order valence-electron chi connectivity index (χ1n) is 10.6. The molecular weight excluding hydrogens is 372 g/mol. The van der Waals surface area contributed by atoms with Crippen molar-refractivity contribution in [3.63, 3.8) is 0 Å². The number of hydrogen-bond acceptors (Lipinski definition) is 5. The zero-order valence-electron chi connectivity index (χ0n) is 16.9. The third-order valence-electron chi connectivity index (χ3n) is 6.67. The van der Waals surface area contributed by atoms with E-state index >= 15 is 0 Å². The van der Waals surface area contributed by atoms with Gasteiger partial charge in [-0.3, -0.25) is 9.59 Å². The molecule has 7 heteroatoms. The molecule has 1 aromatic carbocycles. The zero-order chi connectivity index (χ0) is 20.4. The highest BCUT2D eigenvalue weighted by Gasteiger charge is 2.55. The van der Waals surface area contributed by atoms with Gasteiger partial charge in [-0.2, -0.15) is 0 Å². The number of likely N-dealkylation sites (tertiary alicyclic amines) is 1. The molecule has 1 aromatic rings. The fourth-order valence-electron chi connectivity index (χ4n) is 5.00. The largest absolute Gasteiger partial charge is 0.497 e. The number of fused-ring (bicyclic) bond motifs is 2. The summed E-state index contributed by atoms with van der Waals surface area (Å²) in [5.74, 6) is -1.42. The van der Waals surface area contributed by atoms with Crippen LogP contribution in [0.15, 0.2) is 24.3 Å². The smallest absolute Gasteiger partial charge is 0.310 e. The second-order valence-electron chi connectivity index (χ2n) is 8.40. The summed E-state index contributed by atoms with van der Waals surface area (Å²) in [5, 5.41) is 12.6. The lowest BCUT2D eigenvalue weighted by atomic mass is 9.78. The number of nitrogens with zero attached hydrogens (tertiary/aromatic N) is 1. The molecule has 4 atom stereocenters. The Labute approximate surface area is 171 Å². The van der Waals surface area contributed by atoms with Crippen molar-refractivity contribution < 1.29 is 24.2 Å². The number of benzene rings is 1. The Kier molecular flexibility index (Phi) is 6.06. The average Bonchev–Trinajstić information content (AvgIpc) is 3.35. The fraction of sp³-hybridized carbons (Fsp3) is 0.636. The highest BCUT2D eigenvalue weighted by atomic mass is 16.5. The van der Waals surface area contributed by atoms with Gasteiger partial charge in [-0.25, -0.2) is 0 Å². The van der Waals surface area contributed by atoms with Crippen LogP contribution in [-0.4, -0.2) is 66.9 Å². The third kappa shape index (κ3) is 4.41. The van der Waals surface area contributed by atoms with E-state index in [0.717, 1.165) is 57.5 Å². The molecule has 3 saturated heterocycles. The van der Waals surface area contributed by atoms with Crippen molar-refractivity contribution in [2.75, 3.05) is 26.7 Å². The van der Waals surface area contributed by atoms with Crippen LogP contribution >= 0.6 is 0 Å². The molecule has 0 saturated carbocycles. The van der Waals surface area contributed by atoms with Crippen molar-refractivity contribution in [3.05, 3.63) is 29.8 Å². The fourth-order valence-corrected chi connectivity index (χ4v) is 5.00. The van der Waals surface area contributed by atoms with Gasteiger partial charge in [0.2, 0.25) is 5.91 Å². The van der Waals surface area contributed by atoms with Crippen LogP contribution in [-0.2, 0) is 20.7 Å². The minimum Gasteiger partial charge on any atom is -0.497 e. The number of amides is 1. The van der Waals surface area contributed by atoms with Crippen LogP contribution in [0, 0.1) is 11.8 Å². The second kappa shape index (κ2) is 8.71. The molecule has 0 aromatic heterocycles. The van der Waals surface area contributed by atoms with E-state index in [4.69, 9.17) is 9.47 Å². The normalized spacial score (nSPS) is 29.7. The summed E-state index contributed by atoms with van der Waals surface area (Å²) in [6, 6.07) is 8.29. The van der Waals surface area contributed by atoms with Gasteiger partial charge < -0.3 is 24.8 Å². The number of ether oxygens (including phenoxy) is 2. The Morgan fingerprint density at radius 2 is 1.76 bits per heavy atom. The van der Waals surface area contributed by atoms with Gasteiger partial charge >= 0.3 is 5.97 Å². The Morgan fingerprint density at radius 3 is 2.38 bits per heavy atom. The third-order valence-corrected chi connectivity index (χ3v) is 6.67. The van der Waals surface area contributed by atoms with Gasteiger partial charge in [-0.1, -0.05) is 12.1 Å². The number of rotatable bonds is 7. The van der Waals surface area contributed by atoms with Gasteiger partial charge in [-0.05, 0) is 49.8 Å². The van der Waals surface area contributed by atoms with E-state index in [1.807, 2.05) is 12.1 Å². The molecule has 0 spiro atoms. The van der Waals surface area contributed by atoms with Crippen LogP contribution in [0.3, 0.4) is 0 Å². The van der Waals surface area contributed by atoms with Crippen LogP contribution in [0.4, 0.5) is 0 Å². The van der Waals surface area contributed by atoms with Gasteiger partial charge in [0.25, 0.3) is 0 Å². The summed E-state index contributed by atoms with van der Waals surface area (Å²) in [7, 11) is 1.67. The van der Waals surface area contributed by atoms with E-state index in [9.17, 15) is 14.7 Å². The molecule has 2 N–H and O–H groups in total. The predicted molar refractivity (Wildman–Crippen MR) is 107 cm³/mol. The summed E-state index contributed by atoms with van der Waals surface area (Å²) in [6.45, 7) is 2.88. The molecule has 2 bridgehead atoms. The molecule has 3 aliphatic heterocycles. The highest BCUT2D eigenvalue weighted by molar-refractivity contribution is 5.86. The summed E-state index contributed by atoms with van der Waals surface area (Å²) >= 11 is 0. The van der Waals surface area contributed by atoms with Gasteiger partial charge in [-0.15, -0.1) is 0 Å². The van der Waals surface area contributed by atoms with Crippen molar-refractivity contribution in [1.29, 1.82) is 0 Å². The van der Waals surface area contributed by atoms with Gasteiger partial charge in [0.15, 0.2) is 0 Å². The van der Waals surface area contributed by atoms with Gasteiger partial charge in [0.05, 0.1) is 31.2 Å². The quantitative estimate of drug-likeness (QED) is 0.722. The average molecular weight is 402 g/mol. The number of carbonyl (C=O) groups excluding carboxylic acids is 1. The number of piperidine rings is 1. The number of methoxy groups -OCH3 is 1. The monoisotopic (exact) mass is 402 g/mol. The Bertz CT molecular complexity index is 729. The lowest BCUT2D eigenvalue weighted by molar-refractivity contribution is -0.148. The van der Waals surface area contributed by atoms with Crippen molar-refractivity contribution in [2.24, 2.45) is 11.8 Å². The first kappa shape index (κ1) is 20.2. The molecule has 3 aliphatic rings. The number of hydrogen-bond donors (Lipinski definition) is 2. The maximum atomic E-state index is 12.8. The molecule has 3 heterocycles. The molecule has 3 fully saturated rings. The van der Waals surface area contributed by atoms with Crippen LogP contribution in [0.2, 0.25) is 0 Å². The second-order valence-corrected chi connectivity index (χ2v) is 8.40. The van der Waals surface area contributed by atoms with Crippen LogP contribution < -0.4 is 10.1 Å². The number of carboxylic acid groups (broad SMARTS) is 1. The van der Waals surface area contributed by atoms with E-state index in [0.29, 0.717) is 0 Å². The maximum absolute atomic E-state index is 12.8. The SMILES string of the molecule is COc1ccc(CCN2CCC(NC(=O)C3C(C(=O)O)[C@H]4CC[C@H]3O4)CC2)cc1. The van der Waals surface area contributed by atoms with E-state index in [1.54, 1.807) is 7.11 Å². The summed E-state index contributed by atoms with van der Waals surface area (Å²) in [6.07, 6.45) is 3.79. The standard InChI is InChI=1S/C22H30N2O5/c1-28-16-4-2-14(3-5-16)8-11-24-12-9-15(10-13-24)23-21(25)19-17-6-7-18(29-17)20(19)22(26)27/h2-5,15,17-20H,6-13H2,1H3,(H,23,25)(H,26,27)/t17-,18-,19?,20?/m1/s1. The van der Waals surface area contributed by atoms with Crippen molar-refractivity contribution in [2.45, 2.75) is 50.4 Å². The van der Waals surface area contributed by atoms with Gasteiger partial charge in [0, 0.05) is 25.7 Å². The molecule has 0 radical (unpaired) electrons. The summed E-state index contributed by atoms with van der Waals surface area (Å²) in [4.78, 5) is 26.8. The molecule has 0 aliphatic carbocycles. The van der Waals surface area contributed by atoms with Crippen molar-refractivity contribution in [1.82, 2.24) is 10.2 Å². The topological polar surface area (TPSA) is 88.1 Å². The van der Waals surface area contributed by atoms with E-state index in [2.05, 4.69) is 22.3 Å². The maximum Gasteiger partial charge on any atom is 0.310 e. The zero-order valence-corrected chi connectivity index (χ0v) is 16.9. The van der Waals surface area contributed by atoms with E-state index in [-0.39, 0.29) is 24.2 Å². The lowest BCUT2D eigenvalue weighted by Gasteiger charge is -2.33. The summed E-state index contributed by atoms with van der Waals surface area (Å²) < 4.78 is 10.9. The Hall–Kier alpha value is -2.12. The van der Waals surface area contributed by atoms with Crippen LogP contribution in [0.25, 0.3) is 0 Å². The predicted octanol–water partition coefficient (Wildman–Crippen LogP) is 1.70. The molecule has 158 valence electrons. The Balaban J connectivity index is 1.22. The van der Waals surface area contributed by atoms with Crippen LogP contribution in [0.1, 0.15) is 31.2 Å². The van der Waals surface area contributed by atoms with Crippen molar-refractivity contribution in [3.8, 4) is 5.75 Å². The van der Waals surface area contributed by atoms with Gasteiger partial charge in [0.1, 0.15) is 5.75 Å². The van der Waals surface area contributed by atoms with E-state index in [1.165, 1.54) is 5.56 Å². The first-order valence-corrected chi connectivity index (χ1v) is 10.6. The number of aliphatic carboxylic acids is 1. The molecular formula is C22H30N2O5. The minimum absolute atomic E-state index is 0.119. The molecule has 29 heavy (non-hydrogen) atoms. The Morgan fingerprint density at radius 1 is 1.10 bits per heavy atom. The lowest BCUT2D eigenvalue weighted by Crippen LogP contribution is -2.50. The molecule has 1 amide bonds.